The maximum Gasteiger partial charge on any atom is 0.417 e. The maximum absolute atomic E-state index is 16.1. The molecule has 3 aliphatic heterocycles. The van der Waals surface area contributed by atoms with Crippen LogP contribution in [0.15, 0.2) is 47.7 Å². The molecule has 2 unspecified atom stereocenters. The Labute approximate surface area is 281 Å². The SMILES string of the molecule is CC1CN(c2cc(F)c(C3=CCCN(c4ncc(CN5CCOCC5)cn4)C3)cc2NC(=O)c2c[nH]c(=O)cc2C(F)(F)F)CC(C)N1C. The molecule has 6 rings (SSSR count). The first kappa shape index (κ1) is 34.5. The number of anilines is 3. The average Bonchev–Trinajstić information content (AvgIpc) is 3.08. The van der Waals surface area contributed by atoms with Crippen LogP contribution in [0.5, 0.6) is 0 Å². The van der Waals surface area contributed by atoms with Crippen LogP contribution in [0, 0.1) is 5.82 Å². The van der Waals surface area contributed by atoms with Crippen LogP contribution in [-0.2, 0) is 17.5 Å². The van der Waals surface area contributed by atoms with Crippen molar-refractivity contribution in [3.63, 3.8) is 0 Å². The van der Waals surface area contributed by atoms with Crippen LogP contribution in [0.25, 0.3) is 5.57 Å². The number of nitrogens with one attached hydrogen (secondary N) is 2. The molecule has 5 heterocycles. The Hall–Kier alpha value is -4.34. The number of morpholine rings is 1. The van der Waals surface area contributed by atoms with E-state index in [0.29, 0.717) is 62.5 Å². The highest BCUT2D eigenvalue weighted by molar-refractivity contribution is 6.07. The third-order valence-corrected chi connectivity index (χ3v) is 9.49. The Balaban J connectivity index is 1.30. The molecule has 15 heteroatoms. The van der Waals surface area contributed by atoms with Crippen molar-refractivity contribution in [2.75, 3.05) is 74.6 Å². The van der Waals surface area contributed by atoms with Crippen molar-refractivity contribution in [2.24, 2.45) is 0 Å². The molecule has 2 N–H and O–H groups in total. The van der Waals surface area contributed by atoms with Crippen LogP contribution in [-0.4, -0.2) is 102 Å². The topological polar surface area (TPSA) is 110 Å². The number of aromatic amines is 1. The van der Waals surface area contributed by atoms with Crippen molar-refractivity contribution in [3.05, 3.63) is 81.3 Å². The van der Waals surface area contributed by atoms with Gasteiger partial charge in [-0.25, -0.2) is 14.4 Å². The van der Waals surface area contributed by atoms with Crippen LogP contribution in [0.1, 0.15) is 47.3 Å². The molecule has 262 valence electrons. The molecule has 0 radical (unpaired) electrons. The lowest BCUT2D eigenvalue weighted by atomic mass is 9.98. The lowest BCUT2D eigenvalue weighted by Gasteiger charge is -2.44. The van der Waals surface area contributed by atoms with Gasteiger partial charge in [-0.1, -0.05) is 6.08 Å². The molecule has 0 spiro atoms. The van der Waals surface area contributed by atoms with E-state index in [9.17, 15) is 22.8 Å². The molecule has 0 aliphatic carbocycles. The van der Waals surface area contributed by atoms with Crippen molar-refractivity contribution in [3.8, 4) is 0 Å². The number of nitrogens with zero attached hydrogens (tertiary/aromatic N) is 6. The molecule has 1 aromatic carbocycles. The number of aromatic nitrogens is 3. The number of carbonyl (C=O) groups excluding carboxylic acids is 1. The van der Waals surface area contributed by atoms with Gasteiger partial charge < -0.3 is 24.8 Å². The average molecular weight is 685 g/mol. The number of hydrogen-bond donors (Lipinski definition) is 2. The molecule has 11 nitrogen and oxygen atoms in total. The van der Waals surface area contributed by atoms with Crippen LogP contribution in [0.2, 0.25) is 0 Å². The number of alkyl halides is 3. The Morgan fingerprint density at radius 2 is 1.73 bits per heavy atom. The van der Waals surface area contributed by atoms with Gasteiger partial charge in [0.1, 0.15) is 5.82 Å². The highest BCUT2D eigenvalue weighted by Gasteiger charge is 2.36. The number of benzene rings is 1. The molecule has 2 aromatic heterocycles. The monoisotopic (exact) mass is 684 g/mol. The van der Waals surface area contributed by atoms with E-state index >= 15 is 4.39 Å². The molecule has 49 heavy (non-hydrogen) atoms. The second kappa shape index (κ2) is 14.3. The first-order valence-corrected chi connectivity index (χ1v) is 16.3. The maximum atomic E-state index is 16.1. The summed E-state index contributed by atoms with van der Waals surface area (Å²) in [7, 11) is 2.00. The number of hydrogen-bond acceptors (Lipinski definition) is 9. The Bertz CT molecular complexity index is 1750. The fourth-order valence-electron chi connectivity index (χ4n) is 6.58. The van der Waals surface area contributed by atoms with Crippen LogP contribution < -0.4 is 20.7 Å². The number of rotatable bonds is 7. The molecule has 2 fully saturated rings. The fourth-order valence-corrected chi connectivity index (χ4v) is 6.58. The first-order valence-electron chi connectivity index (χ1n) is 16.3. The third kappa shape index (κ3) is 7.78. The van der Waals surface area contributed by atoms with Crippen LogP contribution >= 0.6 is 0 Å². The minimum Gasteiger partial charge on any atom is -0.379 e. The Kier molecular flexibility index (Phi) is 10.0. The normalized spacial score (nSPS) is 21.1. The van der Waals surface area contributed by atoms with Gasteiger partial charge in [-0.2, -0.15) is 13.2 Å². The molecular weight excluding hydrogens is 644 g/mol. The molecule has 1 amide bonds. The summed E-state index contributed by atoms with van der Waals surface area (Å²) in [5.74, 6) is -1.11. The number of piperazine rings is 1. The van der Waals surface area contributed by atoms with Crippen molar-refractivity contribution in [1.82, 2.24) is 24.8 Å². The summed E-state index contributed by atoms with van der Waals surface area (Å²) >= 11 is 0. The predicted octanol–water partition coefficient (Wildman–Crippen LogP) is 4.23. The highest BCUT2D eigenvalue weighted by atomic mass is 19.4. The van der Waals surface area contributed by atoms with E-state index in [1.54, 1.807) is 12.4 Å². The second-order valence-corrected chi connectivity index (χ2v) is 12.9. The van der Waals surface area contributed by atoms with Crippen molar-refractivity contribution in [1.29, 1.82) is 0 Å². The minimum atomic E-state index is -4.95. The zero-order valence-electron chi connectivity index (χ0n) is 27.7. The number of ether oxygens (including phenoxy) is 1. The van der Waals surface area contributed by atoms with E-state index < -0.39 is 34.6 Å². The molecule has 0 bridgehead atoms. The molecule has 3 aliphatic rings. The van der Waals surface area contributed by atoms with Gasteiger partial charge in [0.2, 0.25) is 11.5 Å². The van der Waals surface area contributed by atoms with Gasteiger partial charge in [0, 0.05) is 93.7 Å². The van der Waals surface area contributed by atoms with Gasteiger partial charge in [-0.3, -0.25) is 19.4 Å². The summed E-state index contributed by atoms with van der Waals surface area (Å²) < 4.78 is 63.1. The molecular formula is C34H40F4N8O3. The van der Waals surface area contributed by atoms with E-state index in [2.05, 4.69) is 30.1 Å². The van der Waals surface area contributed by atoms with Gasteiger partial charge in [-0.05, 0) is 45.0 Å². The van der Waals surface area contributed by atoms with Gasteiger partial charge >= 0.3 is 6.18 Å². The Morgan fingerprint density at radius 3 is 2.41 bits per heavy atom. The number of H-pyrrole nitrogens is 1. The zero-order chi connectivity index (χ0) is 34.9. The molecule has 0 saturated carbocycles. The largest absolute Gasteiger partial charge is 0.417 e. The summed E-state index contributed by atoms with van der Waals surface area (Å²) in [6, 6.07) is 3.34. The van der Waals surface area contributed by atoms with Crippen LogP contribution in [0.4, 0.5) is 34.9 Å². The van der Waals surface area contributed by atoms with E-state index in [4.69, 9.17) is 4.74 Å². The fraction of sp³-hybridized carbons (Fsp3) is 0.471. The number of likely N-dealkylation sites (N-methyl/N-ethyl adjacent to an activating group) is 1. The third-order valence-electron chi connectivity index (χ3n) is 9.49. The second-order valence-electron chi connectivity index (χ2n) is 12.9. The van der Waals surface area contributed by atoms with Crippen molar-refractivity contribution >= 4 is 28.8 Å². The highest BCUT2D eigenvalue weighted by Crippen LogP contribution is 2.37. The van der Waals surface area contributed by atoms with Crippen molar-refractivity contribution in [2.45, 2.75) is 45.1 Å². The quantitative estimate of drug-likeness (QED) is 0.354. The summed E-state index contributed by atoms with van der Waals surface area (Å²) in [5.41, 5.74) is -0.768. The molecule has 2 saturated heterocycles. The van der Waals surface area contributed by atoms with E-state index in [1.807, 2.05) is 36.8 Å². The van der Waals surface area contributed by atoms with Gasteiger partial charge in [-0.15, -0.1) is 0 Å². The molecule has 3 aromatic rings. The van der Waals surface area contributed by atoms with E-state index in [1.165, 1.54) is 12.1 Å². The lowest BCUT2D eigenvalue weighted by molar-refractivity contribution is -0.138. The number of halogens is 4. The summed E-state index contributed by atoms with van der Waals surface area (Å²) in [6.07, 6.45) is 1.89. The van der Waals surface area contributed by atoms with Gasteiger partial charge in [0.15, 0.2) is 0 Å². The summed E-state index contributed by atoms with van der Waals surface area (Å²) in [6.45, 7) is 9.75. The number of amides is 1. The summed E-state index contributed by atoms with van der Waals surface area (Å²) in [4.78, 5) is 44.9. The van der Waals surface area contributed by atoms with Gasteiger partial charge in [0.25, 0.3) is 5.91 Å². The zero-order valence-corrected chi connectivity index (χ0v) is 27.7. The molecule has 2 atom stereocenters. The minimum absolute atomic E-state index is 0.0842. The predicted molar refractivity (Wildman–Crippen MR) is 178 cm³/mol. The standard InChI is InChI=1S/C34H40F4N8O3/c1-21-17-46(18-22(2)43(21)3)30-13-28(35)25(11-29(30)42-32(48)26-16-39-31(47)12-27(26)34(36,37)38)24-5-4-6-45(20-24)33-40-14-23(15-41-33)19-44-7-9-49-10-8-44/h5,11-16,21-22H,4,6-10,17-20H2,1-3H3,(H,39,47)(H,42,48). The number of pyridine rings is 1. The number of carbonyl (C=O) groups is 1. The first-order chi connectivity index (χ1) is 23.4. The van der Waals surface area contributed by atoms with Gasteiger partial charge in [0.05, 0.1) is 35.7 Å². The van der Waals surface area contributed by atoms with E-state index in [0.717, 1.165) is 31.4 Å². The lowest BCUT2D eigenvalue weighted by Crippen LogP contribution is -2.55. The van der Waals surface area contributed by atoms with Crippen molar-refractivity contribution < 1.29 is 27.1 Å². The summed E-state index contributed by atoms with van der Waals surface area (Å²) in [5, 5.41) is 2.63. The van der Waals surface area contributed by atoms with E-state index in [-0.39, 0.29) is 29.9 Å². The Morgan fingerprint density at radius 1 is 1.04 bits per heavy atom. The van der Waals surface area contributed by atoms with Crippen LogP contribution in [0.3, 0.4) is 0 Å². The smallest absolute Gasteiger partial charge is 0.379 e.